The lowest BCUT2D eigenvalue weighted by Crippen LogP contribution is -2.48. The van der Waals surface area contributed by atoms with E-state index >= 15 is 0 Å². The van der Waals surface area contributed by atoms with Crippen LogP contribution in [-0.4, -0.2) is 35.7 Å². The molecule has 21 heavy (non-hydrogen) atoms. The van der Waals surface area contributed by atoms with E-state index in [-0.39, 0.29) is 5.60 Å². The Hall–Kier alpha value is -1.04. The predicted molar refractivity (Wildman–Crippen MR) is 84.8 cm³/mol. The highest BCUT2D eigenvalue weighted by Crippen LogP contribution is 2.53. The van der Waals surface area contributed by atoms with Crippen LogP contribution in [0, 0.1) is 17.8 Å². The van der Waals surface area contributed by atoms with Crippen LogP contribution in [0.3, 0.4) is 0 Å². The van der Waals surface area contributed by atoms with Crippen molar-refractivity contribution in [1.29, 1.82) is 0 Å². The Morgan fingerprint density at radius 3 is 3.19 bits per heavy atom. The van der Waals surface area contributed by atoms with Gasteiger partial charge in [-0.15, -0.1) is 0 Å². The minimum Gasteiger partial charge on any atom is -0.364 e. The van der Waals surface area contributed by atoms with Gasteiger partial charge < -0.3 is 4.74 Å². The first kappa shape index (κ1) is 13.6. The molecule has 112 valence electrons. The highest BCUT2D eigenvalue weighted by molar-refractivity contribution is 5.57. The molecule has 0 unspecified atom stereocenters. The van der Waals surface area contributed by atoms with Crippen molar-refractivity contribution in [3.05, 3.63) is 23.3 Å². The van der Waals surface area contributed by atoms with E-state index in [1.165, 1.54) is 37.0 Å². The summed E-state index contributed by atoms with van der Waals surface area (Å²) in [4.78, 5) is 2.69. The Kier molecular flexibility index (Phi) is 3.24. The molecule has 0 aromatic heterocycles. The van der Waals surface area contributed by atoms with E-state index in [1.807, 2.05) is 0 Å². The van der Waals surface area contributed by atoms with Crippen LogP contribution in [0.15, 0.2) is 23.3 Å². The van der Waals surface area contributed by atoms with Gasteiger partial charge in [-0.05, 0) is 30.9 Å². The zero-order valence-corrected chi connectivity index (χ0v) is 13.2. The van der Waals surface area contributed by atoms with Crippen LogP contribution in [0.2, 0.25) is 0 Å². The lowest BCUT2D eigenvalue weighted by molar-refractivity contribution is -0.0182. The topological polar surface area (TPSA) is 12.5 Å². The summed E-state index contributed by atoms with van der Waals surface area (Å²) in [5.41, 5.74) is 2.64. The van der Waals surface area contributed by atoms with Gasteiger partial charge in [0.1, 0.15) is 5.60 Å². The van der Waals surface area contributed by atoms with Crippen LogP contribution in [0.1, 0.15) is 46.0 Å². The van der Waals surface area contributed by atoms with E-state index in [0.717, 1.165) is 19.4 Å². The molecule has 0 saturated carbocycles. The monoisotopic (exact) mass is 283 g/mol. The van der Waals surface area contributed by atoms with Gasteiger partial charge in [0, 0.05) is 30.5 Å². The summed E-state index contributed by atoms with van der Waals surface area (Å²) in [6, 6.07) is 1.14. The third kappa shape index (κ3) is 2.02. The van der Waals surface area contributed by atoms with Crippen molar-refractivity contribution in [2.75, 3.05) is 13.2 Å². The number of ether oxygens (including phenoxy) is 1. The molecule has 2 fully saturated rings. The molecule has 4 rings (SSSR count). The minimum absolute atomic E-state index is 0.0261. The van der Waals surface area contributed by atoms with Gasteiger partial charge >= 0.3 is 0 Å². The van der Waals surface area contributed by atoms with Gasteiger partial charge in [0.2, 0.25) is 0 Å². The van der Waals surface area contributed by atoms with Crippen molar-refractivity contribution >= 4 is 0 Å². The second-order valence-corrected chi connectivity index (χ2v) is 7.32. The van der Waals surface area contributed by atoms with Crippen LogP contribution >= 0.6 is 0 Å². The van der Waals surface area contributed by atoms with Crippen LogP contribution in [0.25, 0.3) is 0 Å². The van der Waals surface area contributed by atoms with E-state index in [9.17, 15) is 0 Å². The van der Waals surface area contributed by atoms with Crippen molar-refractivity contribution in [3.8, 4) is 11.8 Å². The van der Waals surface area contributed by atoms with E-state index in [1.54, 1.807) is 0 Å². The summed E-state index contributed by atoms with van der Waals surface area (Å²) in [5.74, 6) is 7.49. The van der Waals surface area contributed by atoms with Crippen molar-refractivity contribution in [3.63, 3.8) is 0 Å². The number of hydrogen-bond donors (Lipinski definition) is 0. The molecule has 0 aromatic rings. The minimum atomic E-state index is -0.0261. The molecule has 0 aromatic carbocycles. The molecule has 2 bridgehead atoms. The van der Waals surface area contributed by atoms with Crippen LogP contribution in [-0.2, 0) is 4.74 Å². The standard InChI is InChI=1S/C19H25NO/c1-14(2)6-5-7-15-12-16-13-19(17(15)9-11-21-19)18-8-3-4-10-20(16)18/h9,12,14,16,18H,3-4,6,8,10-11,13H2,1-2H3/t16-,18-,19+/m1/s1. The molecule has 3 heterocycles. The fraction of sp³-hybridized carbons (Fsp3) is 0.684. The highest BCUT2D eigenvalue weighted by atomic mass is 16.5. The molecule has 1 aliphatic carbocycles. The lowest BCUT2D eigenvalue weighted by Gasteiger charge is -2.38. The summed E-state index contributed by atoms with van der Waals surface area (Å²) in [7, 11) is 0. The van der Waals surface area contributed by atoms with Gasteiger partial charge in [0.05, 0.1) is 6.61 Å². The lowest BCUT2D eigenvalue weighted by atomic mass is 9.77. The Morgan fingerprint density at radius 2 is 2.33 bits per heavy atom. The van der Waals surface area contributed by atoms with E-state index < -0.39 is 0 Å². The Bertz CT molecular complexity index is 562. The van der Waals surface area contributed by atoms with E-state index in [2.05, 4.69) is 42.7 Å². The number of nitrogens with zero attached hydrogens (tertiary/aromatic N) is 1. The number of rotatable bonds is 1. The average molecular weight is 283 g/mol. The highest BCUT2D eigenvalue weighted by Gasteiger charge is 2.59. The fourth-order valence-corrected chi connectivity index (χ4v) is 4.62. The largest absolute Gasteiger partial charge is 0.364 e. The Labute approximate surface area is 128 Å². The molecule has 4 aliphatic rings. The third-order valence-corrected chi connectivity index (χ3v) is 5.49. The summed E-state index contributed by atoms with van der Waals surface area (Å²) in [6.07, 6.45) is 10.8. The van der Waals surface area contributed by atoms with Gasteiger partial charge in [0.25, 0.3) is 0 Å². The molecule has 1 spiro atoms. The van der Waals surface area contributed by atoms with Gasteiger partial charge in [0.15, 0.2) is 0 Å². The molecule has 3 atom stereocenters. The molecule has 0 radical (unpaired) electrons. The molecular weight excluding hydrogens is 258 g/mol. The summed E-state index contributed by atoms with van der Waals surface area (Å²) in [5, 5.41) is 0. The predicted octanol–water partition coefficient (Wildman–Crippen LogP) is 3.30. The van der Waals surface area contributed by atoms with Crippen molar-refractivity contribution < 1.29 is 4.74 Å². The van der Waals surface area contributed by atoms with E-state index in [0.29, 0.717) is 18.0 Å². The first-order chi connectivity index (χ1) is 10.2. The number of piperidine rings is 1. The second kappa shape index (κ2) is 5.00. The SMILES string of the molecule is CC(C)CC#CC1=C[C@@H]2C[C@@]3(OCC=C13)[C@H]1CCCCN21. The third-order valence-electron chi connectivity index (χ3n) is 5.49. The summed E-state index contributed by atoms with van der Waals surface area (Å²) in [6.45, 7) is 6.47. The second-order valence-electron chi connectivity index (χ2n) is 7.32. The molecule has 0 amide bonds. The molecule has 2 nitrogen and oxygen atoms in total. The van der Waals surface area contributed by atoms with Crippen LogP contribution < -0.4 is 0 Å². The van der Waals surface area contributed by atoms with Gasteiger partial charge in [-0.3, -0.25) is 4.90 Å². The zero-order chi connectivity index (χ0) is 14.4. The molecular formula is C19H25NO. The van der Waals surface area contributed by atoms with E-state index in [4.69, 9.17) is 4.74 Å². The molecule has 0 N–H and O–H groups in total. The quantitative estimate of drug-likeness (QED) is 0.685. The van der Waals surface area contributed by atoms with Crippen LogP contribution in [0.4, 0.5) is 0 Å². The van der Waals surface area contributed by atoms with Gasteiger partial charge in [-0.1, -0.05) is 44.3 Å². The summed E-state index contributed by atoms with van der Waals surface area (Å²) < 4.78 is 6.32. The molecule has 2 saturated heterocycles. The summed E-state index contributed by atoms with van der Waals surface area (Å²) >= 11 is 0. The Morgan fingerprint density at radius 1 is 1.43 bits per heavy atom. The Balaban J connectivity index is 1.69. The first-order valence-corrected chi connectivity index (χ1v) is 8.52. The van der Waals surface area contributed by atoms with Gasteiger partial charge in [-0.25, -0.2) is 0 Å². The number of fused-ring (bicyclic) bond motifs is 3. The number of hydrogen-bond acceptors (Lipinski definition) is 2. The molecule has 3 aliphatic heterocycles. The zero-order valence-electron chi connectivity index (χ0n) is 13.2. The maximum absolute atomic E-state index is 6.32. The maximum atomic E-state index is 6.32. The fourth-order valence-electron chi connectivity index (χ4n) is 4.62. The normalized spacial score (nSPS) is 37.5. The first-order valence-electron chi connectivity index (χ1n) is 8.52. The smallest absolute Gasteiger partial charge is 0.112 e. The van der Waals surface area contributed by atoms with Crippen molar-refractivity contribution in [1.82, 2.24) is 4.90 Å². The van der Waals surface area contributed by atoms with Crippen molar-refractivity contribution in [2.45, 2.75) is 63.6 Å². The molecule has 2 heteroatoms. The average Bonchev–Trinajstić information content (AvgIpc) is 3.02. The maximum Gasteiger partial charge on any atom is 0.112 e. The van der Waals surface area contributed by atoms with Gasteiger partial charge in [-0.2, -0.15) is 0 Å². The van der Waals surface area contributed by atoms with Crippen molar-refractivity contribution in [2.24, 2.45) is 5.92 Å². The van der Waals surface area contributed by atoms with Crippen LogP contribution in [0.5, 0.6) is 0 Å².